The molecule has 0 amide bonds. The topological polar surface area (TPSA) is 36.4 Å². The normalized spacial score (nSPS) is 12.6. The Labute approximate surface area is 125 Å². The third-order valence-corrected chi connectivity index (χ3v) is 4.41. The Morgan fingerprint density at radius 1 is 1.30 bits per heavy atom. The van der Waals surface area contributed by atoms with Crippen LogP contribution in [0.4, 0.5) is 5.82 Å². The van der Waals surface area contributed by atoms with Crippen LogP contribution >= 0.6 is 11.8 Å². The Morgan fingerprint density at radius 3 is 2.65 bits per heavy atom. The van der Waals surface area contributed by atoms with Crippen molar-refractivity contribution in [2.75, 3.05) is 24.0 Å². The largest absolute Gasteiger partial charge is 0.392 e. The standard InChI is InChI=1S/C16H22N2OS/c1-12(8-9-20-3)18(2)16-15-7-5-4-6-14(15)13(11-19)10-17-16/h4-7,10,12,19H,8-9,11H2,1-3H3. The van der Waals surface area contributed by atoms with Gasteiger partial charge < -0.3 is 10.0 Å². The van der Waals surface area contributed by atoms with E-state index < -0.39 is 0 Å². The average molecular weight is 290 g/mol. The van der Waals surface area contributed by atoms with Gasteiger partial charge in [0.05, 0.1) is 6.61 Å². The molecule has 2 aromatic rings. The minimum absolute atomic E-state index is 0.0273. The molecule has 0 saturated heterocycles. The first-order chi connectivity index (χ1) is 9.69. The van der Waals surface area contributed by atoms with Gasteiger partial charge in [-0.05, 0) is 30.7 Å². The van der Waals surface area contributed by atoms with Crippen LogP contribution in [0.15, 0.2) is 30.5 Å². The summed E-state index contributed by atoms with van der Waals surface area (Å²) in [4.78, 5) is 6.80. The van der Waals surface area contributed by atoms with Gasteiger partial charge in [0.2, 0.25) is 0 Å². The van der Waals surface area contributed by atoms with Crippen LogP contribution in [0.25, 0.3) is 10.8 Å². The SMILES string of the molecule is CSCCC(C)N(C)c1ncc(CO)c2ccccc12. The zero-order valence-corrected chi connectivity index (χ0v) is 13.2. The molecule has 0 aliphatic heterocycles. The summed E-state index contributed by atoms with van der Waals surface area (Å²) >= 11 is 1.87. The van der Waals surface area contributed by atoms with Gasteiger partial charge >= 0.3 is 0 Å². The van der Waals surface area contributed by atoms with E-state index >= 15 is 0 Å². The number of aliphatic hydroxyl groups excluding tert-OH is 1. The van der Waals surface area contributed by atoms with Crippen LogP contribution in [0, 0.1) is 0 Å². The summed E-state index contributed by atoms with van der Waals surface area (Å²) in [6.07, 6.45) is 5.06. The fourth-order valence-corrected chi connectivity index (χ4v) is 2.91. The monoisotopic (exact) mass is 290 g/mol. The van der Waals surface area contributed by atoms with Gasteiger partial charge in [-0.2, -0.15) is 11.8 Å². The fourth-order valence-electron chi connectivity index (χ4n) is 2.33. The lowest BCUT2D eigenvalue weighted by molar-refractivity contribution is 0.283. The molecule has 3 nitrogen and oxygen atoms in total. The van der Waals surface area contributed by atoms with Crippen LogP contribution in [0.1, 0.15) is 18.9 Å². The van der Waals surface area contributed by atoms with Crippen molar-refractivity contribution in [1.82, 2.24) is 4.98 Å². The highest BCUT2D eigenvalue weighted by Gasteiger charge is 2.15. The first-order valence-electron chi connectivity index (χ1n) is 6.88. The first-order valence-corrected chi connectivity index (χ1v) is 8.27. The summed E-state index contributed by atoms with van der Waals surface area (Å²) in [7, 11) is 2.10. The molecular weight excluding hydrogens is 268 g/mol. The molecule has 2 rings (SSSR count). The molecule has 0 aliphatic carbocycles. The van der Waals surface area contributed by atoms with Crippen LogP contribution in [0.3, 0.4) is 0 Å². The van der Waals surface area contributed by atoms with Gasteiger partial charge in [0.25, 0.3) is 0 Å². The lowest BCUT2D eigenvalue weighted by Crippen LogP contribution is -2.30. The maximum absolute atomic E-state index is 9.43. The number of hydrogen-bond acceptors (Lipinski definition) is 4. The maximum atomic E-state index is 9.43. The molecule has 1 atom stereocenters. The summed E-state index contributed by atoms with van der Waals surface area (Å²) in [6, 6.07) is 8.59. The summed E-state index contributed by atoms with van der Waals surface area (Å²) in [5.41, 5.74) is 0.884. The zero-order valence-electron chi connectivity index (χ0n) is 12.3. The molecule has 0 aliphatic rings. The van der Waals surface area contributed by atoms with Crippen molar-refractivity contribution in [3.8, 4) is 0 Å². The number of nitrogens with zero attached hydrogens (tertiary/aromatic N) is 2. The predicted octanol–water partition coefficient (Wildman–Crippen LogP) is 3.30. The Morgan fingerprint density at radius 2 is 2.00 bits per heavy atom. The van der Waals surface area contributed by atoms with Crippen molar-refractivity contribution in [1.29, 1.82) is 0 Å². The van der Waals surface area contributed by atoms with Crippen LogP contribution in [-0.4, -0.2) is 35.2 Å². The van der Waals surface area contributed by atoms with Gasteiger partial charge in [0.1, 0.15) is 5.82 Å². The van der Waals surface area contributed by atoms with Crippen LogP contribution in [0.2, 0.25) is 0 Å². The van der Waals surface area contributed by atoms with Crippen molar-refractivity contribution in [2.24, 2.45) is 0 Å². The molecule has 4 heteroatoms. The van der Waals surface area contributed by atoms with Gasteiger partial charge in [0.15, 0.2) is 0 Å². The number of hydrogen-bond donors (Lipinski definition) is 1. The molecule has 1 aromatic carbocycles. The number of thioether (sulfide) groups is 1. The fraction of sp³-hybridized carbons (Fsp3) is 0.438. The first kappa shape index (κ1) is 15.1. The predicted molar refractivity (Wildman–Crippen MR) is 88.5 cm³/mol. The third kappa shape index (κ3) is 3.07. The van der Waals surface area contributed by atoms with Crippen molar-refractivity contribution >= 4 is 28.4 Å². The van der Waals surface area contributed by atoms with E-state index in [1.54, 1.807) is 6.20 Å². The zero-order chi connectivity index (χ0) is 14.5. The molecule has 0 fully saturated rings. The Kier molecular flexibility index (Phi) is 5.26. The van der Waals surface area contributed by atoms with Gasteiger partial charge in [-0.1, -0.05) is 24.3 Å². The lowest BCUT2D eigenvalue weighted by Gasteiger charge is -2.27. The number of benzene rings is 1. The summed E-state index contributed by atoms with van der Waals surface area (Å²) in [5, 5.41) is 11.6. The molecule has 0 spiro atoms. The number of anilines is 1. The van der Waals surface area contributed by atoms with Crippen molar-refractivity contribution in [3.05, 3.63) is 36.0 Å². The number of rotatable bonds is 6. The molecule has 1 heterocycles. The molecule has 1 unspecified atom stereocenters. The van der Waals surface area contributed by atoms with Crippen molar-refractivity contribution in [2.45, 2.75) is 26.0 Å². The third-order valence-electron chi connectivity index (χ3n) is 3.76. The minimum atomic E-state index is 0.0273. The smallest absolute Gasteiger partial charge is 0.136 e. The number of pyridine rings is 1. The summed E-state index contributed by atoms with van der Waals surface area (Å²) < 4.78 is 0. The van der Waals surface area contributed by atoms with Gasteiger partial charge in [-0.3, -0.25) is 0 Å². The maximum Gasteiger partial charge on any atom is 0.136 e. The van der Waals surface area contributed by atoms with Gasteiger partial charge in [-0.15, -0.1) is 0 Å². The number of aromatic nitrogens is 1. The summed E-state index contributed by atoms with van der Waals surface area (Å²) in [5.74, 6) is 2.14. The van der Waals surface area contributed by atoms with Gasteiger partial charge in [0, 0.05) is 30.2 Å². The molecule has 1 N–H and O–H groups in total. The van der Waals surface area contributed by atoms with Gasteiger partial charge in [-0.25, -0.2) is 4.98 Å². The Hall–Kier alpha value is -1.26. The number of fused-ring (bicyclic) bond motifs is 1. The Balaban J connectivity index is 2.39. The summed E-state index contributed by atoms with van der Waals surface area (Å²) in [6.45, 7) is 2.26. The number of aliphatic hydroxyl groups is 1. The second-order valence-corrected chi connectivity index (χ2v) is 6.04. The second-order valence-electron chi connectivity index (χ2n) is 5.05. The molecule has 0 bridgehead atoms. The van der Waals surface area contributed by atoms with Crippen molar-refractivity contribution < 1.29 is 5.11 Å². The molecule has 108 valence electrons. The van der Waals surface area contributed by atoms with E-state index in [2.05, 4.69) is 36.2 Å². The van der Waals surface area contributed by atoms with Crippen molar-refractivity contribution in [3.63, 3.8) is 0 Å². The van der Waals surface area contributed by atoms with E-state index in [0.29, 0.717) is 6.04 Å². The highest BCUT2D eigenvalue weighted by Crippen LogP contribution is 2.28. The lowest BCUT2D eigenvalue weighted by atomic mass is 10.1. The molecule has 20 heavy (non-hydrogen) atoms. The van der Waals surface area contributed by atoms with Crippen LogP contribution < -0.4 is 4.90 Å². The van der Waals surface area contributed by atoms with E-state index in [4.69, 9.17) is 0 Å². The minimum Gasteiger partial charge on any atom is -0.392 e. The van der Waals surface area contributed by atoms with E-state index in [0.717, 1.165) is 34.3 Å². The quantitative estimate of drug-likeness (QED) is 0.885. The van der Waals surface area contributed by atoms with E-state index in [1.165, 1.54) is 0 Å². The molecular formula is C16H22N2OS. The van der Waals surface area contributed by atoms with E-state index in [-0.39, 0.29) is 6.61 Å². The van der Waals surface area contributed by atoms with Crippen LogP contribution in [0.5, 0.6) is 0 Å². The molecule has 0 radical (unpaired) electrons. The second kappa shape index (κ2) is 6.95. The highest BCUT2D eigenvalue weighted by molar-refractivity contribution is 7.98. The van der Waals surface area contributed by atoms with Crippen LogP contribution in [-0.2, 0) is 6.61 Å². The van der Waals surface area contributed by atoms with E-state index in [1.807, 2.05) is 30.0 Å². The average Bonchev–Trinajstić information content (AvgIpc) is 2.50. The molecule has 0 saturated carbocycles. The molecule has 1 aromatic heterocycles. The Bertz CT molecular complexity index is 573. The highest BCUT2D eigenvalue weighted by atomic mass is 32.2. The van der Waals surface area contributed by atoms with E-state index in [9.17, 15) is 5.11 Å².